The highest BCUT2D eigenvalue weighted by Crippen LogP contribution is 2.27. The van der Waals surface area contributed by atoms with Gasteiger partial charge in [0, 0.05) is 0 Å². The monoisotopic (exact) mass is 262 g/mol. The van der Waals surface area contributed by atoms with Crippen molar-refractivity contribution in [3.05, 3.63) is 48.6 Å². The van der Waals surface area contributed by atoms with Crippen molar-refractivity contribution in [3.8, 4) is 0 Å². The zero-order valence-electron chi connectivity index (χ0n) is 11.8. The number of allylic oxidation sites excluding steroid dienone is 1. The summed E-state index contributed by atoms with van der Waals surface area (Å²) in [5.74, 6) is -1.03. The van der Waals surface area contributed by atoms with Crippen LogP contribution in [-0.4, -0.2) is 16.7 Å². The number of aliphatic hydroxyl groups excluding tert-OH is 1. The lowest BCUT2D eigenvalue weighted by Gasteiger charge is -2.26. The molecule has 0 bridgehead atoms. The molecule has 1 aromatic carbocycles. The lowest BCUT2D eigenvalue weighted by Crippen LogP contribution is -2.31. The number of hydrogen-bond acceptors (Lipinski definition) is 3. The van der Waals surface area contributed by atoms with Gasteiger partial charge in [-0.2, -0.15) is 0 Å². The van der Waals surface area contributed by atoms with Crippen LogP contribution in [0.3, 0.4) is 0 Å². The standard InChI is InChI=1S/C16H22O3/c1-5-9-13(15(18)19-16(2,3)4)14(17)12-10-7-6-8-11-12/h5-8,10-11,13-14,17H,1,9H2,2-4H3/t13-,14-/m1/s1. The first-order chi connectivity index (χ1) is 8.85. The normalized spacial score (nSPS) is 14.5. The molecule has 0 saturated heterocycles. The van der Waals surface area contributed by atoms with E-state index in [4.69, 9.17) is 4.74 Å². The fourth-order valence-electron chi connectivity index (χ4n) is 1.79. The van der Waals surface area contributed by atoms with Gasteiger partial charge in [0.2, 0.25) is 0 Å². The van der Waals surface area contributed by atoms with E-state index in [0.29, 0.717) is 12.0 Å². The Labute approximate surface area is 114 Å². The van der Waals surface area contributed by atoms with Crippen LogP contribution in [-0.2, 0) is 9.53 Å². The van der Waals surface area contributed by atoms with E-state index in [2.05, 4.69) is 6.58 Å². The van der Waals surface area contributed by atoms with Crippen LogP contribution < -0.4 is 0 Å². The predicted molar refractivity (Wildman–Crippen MR) is 75.6 cm³/mol. The van der Waals surface area contributed by atoms with Gasteiger partial charge >= 0.3 is 5.97 Å². The van der Waals surface area contributed by atoms with Crippen LogP contribution in [0.1, 0.15) is 38.9 Å². The zero-order chi connectivity index (χ0) is 14.5. The van der Waals surface area contributed by atoms with E-state index in [9.17, 15) is 9.90 Å². The van der Waals surface area contributed by atoms with Crippen molar-refractivity contribution in [1.82, 2.24) is 0 Å². The summed E-state index contributed by atoms with van der Waals surface area (Å²) in [5, 5.41) is 10.3. The lowest BCUT2D eigenvalue weighted by atomic mass is 9.92. The molecule has 19 heavy (non-hydrogen) atoms. The second kappa shape index (κ2) is 6.53. The smallest absolute Gasteiger partial charge is 0.312 e. The van der Waals surface area contributed by atoms with Crippen molar-refractivity contribution >= 4 is 5.97 Å². The molecule has 0 spiro atoms. The molecule has 104 valence electrons. The molecule has 0 aliphatic rings. The van der Waals surface area contributed by atoms with E-state index in [-0.39, 0.29) is 0 Å². The van der Waals surface area contributed by atoms with E-state index in [0.717, 1.165) is 0 Å². The number of carbonyl (C=O) groups excluding carboxylic acids is 1. The van der Waals surface area contributed by atoms with Crippen molar-refractivity contribution in [1.29, 1.82) is 0 Å². The van der Waals surface area contributed by atoms with Crippen LogP contribution in [0, 0.1) is 5.92 Å². The highest BCUT2D eigenvalue weighted by atomic mass is 16.6. The van der Waals surface area contributed by atoms with Gasteiger partial charge in [0.15, 0.2) is 0 Å². The van der Waals surface area contributed by atoms with Crippen LogP contribution >= 0.6 is 0 Å². The Morgan fingerprint density at radius 1 is 1.37 bits per heavy atom. The third-order valence-corrected chi connectivity index (χ3v) is 2.65. The first-order valence-corrected chi connectivity index (χ1v) is 6.42. The van der Waals surface area contributed by atoms with Gasteiger partial charge in [-0.3, -0.25) is 4.79 Å². The van der Waals surface area contributed by atoms with Crippen molar-refractivity contribution in [2.45, 2.75) is 38.9 Å². The topological polar surface area (TPSA) is 46.5 Å². The number of hydrogen-bond donors (Lipinski definition) is 1. The summed E-state index contributed by atoms with van der Waals surface area (Å²) in [6.07, 6.45) is 1.13. The number of ether oxygens (including phenoxy) is 1. The molecular formula is C16H22O3. The molecule has 2 atom stereocenters. The van der Waals surface area contributed by atoms with E-state index in [1.165, 1.54) is 0 Å². The molecule has 0 radical (unpaired) electrons. The fraction of sp³-hybridized carbons (Fsp3) is 0.438. The van der Waals surface area contributed by atoms with Gasteiger partial charge in [-0.25, -0.2) is 0 Å². The second-order valence-electron chi connectivity index (χ2n) is 5.52. The van der Waals surface area contributed by atoms with E-state index >= 15 is 0 Å². The van der Waals surface area contributed by atoms with Crippen molar-refractivity contribution in [2.75, 3.05) is 0 Å². The van der Waals surface area contributed by atoms with Gasteiger partial charge in [-0.15, -0.1) is 6.58 Å². The Balaban J connectivity index is 2.88. The third-order valence-electron chi connectivity index (χ3n) is 2.65. The molecule has 0 fully saturated rings. The van der Waals surface area contributed by atoms with E-state index in [1.54, 1.807) is 18.2 Å². The van der Waals surface area contributed by atoms with Crippen LogP contribution in [0.25, 0.3) is 0 Å². The Morgan fingerprint density at radius 3 is 2.42 bits per heavy atom. The average Bonchev–Trinajstić information content (AvgIpc) is 2.34. The molecular weight excluding hydrogens is 240 g/mol. The summed E-state index contributed by atoms with van der Waals surface area (Å²) in [5.41, 5.74) is 0.146. The Morgan fingerprint density at radius 2 is 1.95 bits per heavy atom. The zero-order valence-corrected chi connectivity index (χ0v) is 11.8. The first-order valence-electron chi connectivity index (χ1n) is 6.42. The van der Waals surface area contributed by atoms with Gasteiger partial charge in [0.25, 0.3) is 0 Å². The highest BCUT2D eigenvalue weighted by Gasteiger charge is 2.31. The summed E-state index contributed by atoms with van der Waals surface area (Å²) >= 11 is 0. The second-order valence-corrected chi connectivity index (χ2v) is 5.52. The minimum atomic E-state index is -0.881. The number of carbonyl (C=O) groups is 1. The Bertz CT molecular complexity index is 417. The summed E-state index contributed by atoms with van der Waals surface area (Å²) in [6.45, 7) is 9.07. The maximum absolute atomic E-state index is 12.1. The molecule has 0 saturated carbocycles. The number of esters is 1. The molecule has 0 aliphatic heterocycles. The van der Waals surface area contributed by atoms with Gasteiger partial charge in [-0.05, 0) is 32.8 Å². The highest BCUT2D eigenvalue weighted by molar-refractivity contribution is 5.74. The van der Waals surface area contributed by atoms with E-state index in [1.807, 2.05) is 39.0 Å². The minimum absolute atomic E-state index is 0.380. The number of benzene rings is 1. The SMILES string of the molecule is C=CC[C@@H](C(=O)OC(C)(C)C)[C@H](O)c1ccccc1. The summed E-state index contributed by atoms with van der Waals surface area (Å²) in [6, 6.07) is 9.12. The van der Waals surface area contributed by atoms with Crippen LogP contribution in [0.15, 0.2) is 43.0 Å². The fourth-order valence-corrected chi connectivity index (χ4v) is 1.79. The summed E-state index contributed by atoms with van der Waals surface area (Å²) in [4.78, 5) is 12.1. The molecule has 0 aliphatic carbocycles. The molecule has 1 aromatic rings. The van der Waals surface area contributed by atoms with Gasteiger partial charge in [0.05, 0.1) is 12.0 Å². The number of aliphatic hydroxyl groups is 1. The molecule has 1 rings (SSSR count). The summed E-state index contributed by atoms with van der Waals surface area (Å²) < 4.78 is 5.35. The lowest BCUT2D eigenvalue weighted by molar-refractivity contribution is -0.164. The summed E-state index contributed by atoms with van der Waals surface area (Å²) in [7, 11) is 0. The van der Waals surface area contributed by atoms with E-state index < -0.39 is 23.6 Å². The first kappa shape index (κ1) is 15.4. The van der Waals surface area contributed by atoms with Crippen molar-refractivity contribution in [2.24, 2.45) is 5.92 Å². The molecule has 0 amide bonds. The largest absolute Gasteiger partial charge is 0.460 e. The Kier molecular flexibility index (Phi) is 5.31. The average molecular weight is 262 g/mol. The predicted octanol–water partition coefficient (Wildman–Crippen LogP) is 3.25. The van der Waals surface area contributed by atoms with Crippen molar-refractivity contribution in [3.63, 3.8) is 0 Å². The van der Waals surface area contributed by atoms with Gasteiger partial charge in [0.1, 0.15) is 5.60 Å². The number of rotatable bonds is 5. The molecule has 3 nitrogen and oxygen atoms in total. The quantitative estimate of drug-likeness (QED) is 0.654. The maximum atomic E-state index is 12.1. The molecule has 3 heteroatoms. The van der Waals surface area contributed by atoms with Crippen LogP contribution in [0.5, 0.6) is 0 Å². The molecule has 0 aromatic heterocycles. The van der Waals surface area contributed by atoms with Gasteiger partial charge < -0.3 is 9.84 Å². The van der Waals surface area contributed by atoms with Crippen LogP contribution in [0.2, 0.25) is 0 Å². The molecule has 1 N–H and O–H groups in total. The Hall–Kier alpha value is -1.61. The maximum Gasteiger partial charge on any atom is 0.312 e. The molecule has 0 unspecified atom stereocenters. The van der Waals surface area contributed by atoms with Crippen molar-refractivity contribution < 1.29 is 14.6 Å². The van der Waals surface area contributed by atoms with Crippen LogP contribution in [0.4, 0.5) is 0 Å². The minimum Gasteiger partial charge on any atom is -0.460 e. The molecule has 0 heterocycles. The van der Waals surface area contributed by atoms with Gasteiger partial charge in [-0.1, -0.05) is 36.4 Å². The third kappa shape index (κ3) is 4.87.